The average molecular weight is 476 g/mol. The highest BCUT2D eigenvalue weighted by atomic mass is 32.1. The first-order valence-corrected chi connectivity index (χ1v) is 13.9. The van der Waals surface area contributed by atoms with Crippen LogP contribution in [0.5, 0.6) is 0 Å². The summed E-state index contributed by atoms with van der Waals surface area (Å²) in [7, 11) is 0. The van der Waals surface area contributed by atoms with E-state index in [1.54, 1.807) is 0 Å². The zero-order valence-electron chi connectivity index (χ0n) is 22.0. The van der Waals surface area contributed by atoms with Gasteiger partial charge in [0.1, 0.15) is 4.83 Å². The molecule has 1 aliphatic rings. The number of nitrogens with zero attached hydrogens (tertiary/aromatic N) is 3. The van der Waals surface area contributed by atoms with Gasteiger partial charge in [-0.15, -0.1) is 11.3 Å². The number of hydrogen-bond acceptors (Lipinski definition) is 4. The first-order chi connectivity index (χ1) is 16.5. The van der Waals surface area contributed by atoms with Crippen LogP contribution in [0.15, 0.2) is 24.3 Å². The molecule has 4 rings (SSSR count). The van der Waals surface area contributed by atoms with Gasteiger partial charge in [0, 0.05) is 16.0 Å². The van der Waals surface area contributed by atoms with Crippen LogP contribution in [0.1, 0.15) is 86.6 Å². The standard InChI is InChI=1S/C24H26N2S.C6H15N/c1-4-7-18(14-25)21-16(3)26-24-23(19-8-5-6-9-20(19)27-24)22(21)17-12-10-15(2)11-13-17;1-4-7(5-2)6-3/h10-13,18H,4-9H2,1-3H3;4-6H2,1-3H3. The SMILES string of the molecule is CCCC(C#N)c1c(C)nc2sc3c(c2c1-c1ccc(C)cc1)CCCC3.CCN(CC)CC. The van der Waals surface area contributed by atoms with Crippen LogP contribution in [-0.4, -0.2) is 29.5 Å². The van der Waals surface area contributed by atoms with E-state index in [4.69, 9.17) is 4.98 Å². The second kappa shape index (κ2) is 12.5. The Balaban J connectivity index is 0.000000406. The number of rotatable bonds is 7. The third kappa shape index (κ3) is 5.70. The molecule has 0 N–H and O–H groups in total. The molecule has 3 nitrogen and oxygen atoms in total. The Morgan fingerprint density at radius 3 is 2.21 bits per heavy atom. The number of pyridine rings is 1. The summed E-state index contributed by atoms with van der Waals surface area (Å²) in [4.78, 5) is 10.0. The predicted molar refractivity (Wildman–Crippen MR) is 148 cm³/mol. The summed E-state index contributed by atoms with van der Waals surface area (Å²) < 4.78 is 0. The van der Waals surface area contributed by atoms with Crippen LogP contribution >= 0.6 is 11.3 Å². The van der Waals surface area contributed by atoms with Crippen molar-refractivity contribution in [3.8, 4) is 17.2 Å². The van der Waals surface area contributed by atoms with E-state index in [1.807, 2.05) is 11.3 Å². The summed E-state index contributed by atoms with van der Waals surface area (Å²) in [5.41, 5.74) is 7.45. The van der Waals surface area contributed by atoms with Crippen molar-refractivity contribution >= 4 is 21.6 Å². The predicted octanol–water partition coefficient (Wildman–Crippen LogP) is 8.21. The molecule has 0 bridgehead atoms. The summed E-state index contributed by atoms with van der Waals surface area (Å²) in [6.07, 6.45) is 6.74. The lowest BCUT2D eigenvalue weighted by molar-refractivity contribution is 0.321. The van der Waals surface area contributed by atoms with E-state index < -0.39 is 0 Å². The van der Waals surface area contributed by atoms with E-state index in [9.17, 15) is 5.26 Å². The number of benzene rings is 1. The molecule has 0 fully saturated rings. The van der Waals surface area contributed by atoms with Gasteiger partial charge < -0.3 is 4.90 Å². The summed E-state index contributed by atoms with van der Waals surface area (Å²) >= 11 is 1.87. The lowest BCUT2D eigenvalue weighted by Gasteiger charge is -2.20. The minimum atomic E-state index is -0.0951. The Kier molecular flexibility index (Phi) is 9.68. The van der Waals surface area contributed by atoms with Crippen LogP contribution in [-0.2, 0) is 12.8 Å². The van der Waals surface area contributed by atoms with E-state index in [1.165, 1.54) is 71.4 Å². The number of aromatic nitrogens is 1. The normalized spacial score (nSPS) is 13.8. The molecule has 0 radical (unpaired) electrons. The van der Waals surface area contributed by atoms with E-state index in [0.717, 1.165) is 35.4 Å². The molecular formula is C30H41N3S. The van der Waals surface area contributed by atoms with E-state index in [-0.39, 0.29) is 5.92 Å². The van der Waals surface area contributed by atoms with Gasteiger partial charge in [0.05, 0.1) is 12.0 Å². The third-order valence-corrected chi connectivity index (χ3v) is 8.28. The molecule has 1 aliphatic carbocycles. The quantitative estimate of drug-likeness (QED) is 0.345. The van der Waals surface area contributed by atoms with Crippen molar-refractivity contribution in [3.05, 3.63) is 51.5 Å². The van der Waals surface area contributed by atoms with Gasteiger partial charge >= 0.3 is 0 Å². The van der Waals surface area contributed by atoms with Gasteiger partial charge in [-0.05, 0) is 87.8 Å². The molecule has 1 aromatic carbocycles. The lowest BCUT2D eigenvalue weighted by Crippen LogP contribution is -2.21. The minimum absolute atomic E-state index is 0.0951. The topological polar surface area (TPSA) is 39.9 Å². The van der Waals surface area contributed by atoms with Gasteiger partial charge in [-0.3, -0.25) is 0 Å². The molecule has 34 heavy (non-hydrogen) atoms. The second-order valence-corrected chi connectivity index (χ2v) is 10.4. The highest BCUT2D eigenvalue weighted by molar-refractivity contribution is 7.19. The number of nitriles is 1. The van der Waals surface area contributed by atoms with Crippen molar-refractivity contribution in [2.24, 2.45) is 0 Å². The molecule has 0 saturated carbocycles. The first-order valence-electron chi connectivity index (χ1n) is 13.1. The number of fused-ring (bicyclic) bond motifs is 3. The van der Waals surface area contributed by atoms with Crippen LogP contribution < -0.4 is 0 Å². The third-order valence-electron chi connectivity index (χ3n) is 7.09. The Morgan fingerprint density at radius 1 is 1.00 bits per heavy atom. The van der Waals surface area contributed by atoms with E-state index >= 15 is 0 Å². The Bertz CT molecular complexity index is 1110. The summed E-state index contributed by atoms with van der Waals surface area (Å²) in [5.74, 6) is -0.0951. The van der Waals surface area contributed by atoms with Gasteiger partial charge in [0.2, 0.25) is 0 Å². The molecule has 4 heteroatoms. The fourth-order valence-corrected chi connectivity index (χ4v) is 6.41. The zero-order valence-corrected chi connectivity index (χ0v) is 22.8. The van der Waals surface area contributed by atoms with Crippen molar-refractivity contribution in [2.75, 3.05) is 19.6 Å². The van der Waals surface area contributed by atoms with Crippen LogP contribution in [0.4, 0.5) is 0 Å². The minimum Gasteiger partial charge on any atom is -0.304 e. The maximum Gasteiger partial charge on any atom is 0.124 e. The van der Waals surface area contributed by atoms with Gasteiger partial charge in [-0.1, -0.05) is 63.9 Å². The fraction of sp³-hybridized carbons (Fsp3) is 0.533. The van der Waals surface area contributed by atoms with Crippen LogP contribution in [0, 0.1) is 25.2 Å². The molecule has 0 amide bonds. The van der Waals surface area contributed by atoms with Crippen molar-refractivity contribution in [2.45, 2.75) is 86.0 Å². The summed E-state index contributed by atoms with van der Waals surface area (Å²) in [6.45, 7) is 16.5. The Labute approximate surface area is 210 Å². The van der Waals surface area contributed by atoms with Crippen LogP contribution in [0.25, 0.3) is 21.3 Å². The summed E-state index contributed by atoms with van der Waals surface area (Å²) in [5, 5.41) is 11.3. The maximum atomic E-state index is 9.94. The second-order valence-electron chi connectivity index (χ2n) is 9.33. The maximum absolute atomic E-state index is 9.94. The molecule has 182 valence electrons. The molecule has 0 spiro atoms. The lowest BCUT2D eigenvalue weighted by atomic mass is 9.84. The monoisotopic (exact) mass is 475 g/mol. The van der Waals surface area contributed by atoms with Crippen molar-refractivity contribution in [3.63, 3.8) is 0 Å². The molecule has 0 aliphatic heterocycles. The first kappa shape index (κ1) is 26.4. The molecule has 1 unspecified atom stereocenters. The molecule has 1 atom stereocenters. The van der Waals surface area contributed by atoms with Crippen molar-refractivity contribution < 1.29 is 0 Å². The molecule has 2 heterocycles. The Morgan fingerprint density at radius 2 is 1.65 bits per heavy atom. The van der Waals surface area contributed by atoms with Gasteiger partial charge in [0.25, 0.3) is 0 Å². The van der Waals surface area contributed by atoms with Crippen LogP contribution in [0.2, 0.25) is 0 Å². The van der Waals surface area contributed by atoms with Gasteiger partial charge in [0.15, 0.2) is 0 Å². The van der Waals surface area contributed by atoms with Crippen molar-refractivity contribution in [1.29, 1.82) is 5.26 Å². The highest BCUT2D eigenvalue weighted by Crippen LogP contribution is 2.45. The zero-order chi connectivity index (χ0) is 24.7. The van der Waals surface area contributed by atoms with Gasteiger partial charge in [-0.25, -0.2) is 4.98 Å². The number of thiophene rings is 1. The van der Waals surface area contributed by atoms with Gasteiger partial charge in [-0.2, -0.15) is 5.26 Å². The largest absolute Gasteiger partial charge is 0.304 e. The molecule has 0 saturated heterocycles. The molecule has 3 aromatic rings. The average Bonchev–Trinajstić information content (AvgIpc) is 3.22. The Hall–Kier alpha value is -2.22. The molecular weight excluding hydrogens is 434 g/mol. The number of aryl methyl sites for hydroxylation is 4. The van der Waals surface area contributed by atoms with E-state index in [2.05, 4.69) is 76.8 Å². The molecule has 2 aromatic heterocycles. The summed E-state index contributed by atoms with van der Waals surface area (Å²) in [6, 6.07) is 11.4. The fourth-order valence-electron chi connectivity index (χ4n) is 5.10. The highest BCUT2D eigenvalue weighted by Gasteiger charge is 2.26. The number of hydrogen-bond donors (Lipinski definition) is 0. The van der Waals surface area contributed by atoms with Crippen molar-refractivity contribution in [1.82, 2.24) is 9.88 Å². The smallest absolute Gasteiger partial charge is 0.124 e. The van der Waals surface area contributed by atoms with Crippen LogP contribution in [0.3, 0.4) is 0 Å². The van der Waals surface area contributed by atoms with E-state index in [0.29, 0.717) is 0 Å².